The summed E-state index contributed by atoms with van der Waals surface area (Å²) in [4.78, 5) is 1.27. The third kappa shape index (κ3) is 4.13. The summed E-state index contributed by atoms with van der Waals surface area (Å²) in [5.74, 6) is 0.928. The van der Waals surface area contributed by atoms with E-state index >= 15 is 0 Å². The van der Waals surface area contributed by atoms with Gasteiger partial charge in [-0.25, -0.2) is 0 Å². The number of hydrogen-bond donors (Lipinski definition) is 1. The molecule has 19 heavy (non-hydrogen) atoms. The third-order valence-electron chi connectivity index (χ3n) is 2.79. The molecule has 0 aliphatic heterocycles. The van der Waals surface area contributed by atoms with Gasteiger partial charge in [0.05, 0.1) is 11.6 Å². The first-order valence-electron chi connectivity index (χ1n) is 6.17. The maximum absolute atomic E-state index is 8.75. The van der Waals surface area contributed by atoms with Crippen LogP contribution in [0.4, 0.5) is 0 Å². The molecule has 0 fully saturated rings. The van der Waals surface area contributed by atoms with Crippen molar-refractivity contribution in [3.63, 3.8) is 0 Å². The normalized spacial score (nSPS) is 10.1. The van der Waals surface area contributed by atoms with Crippen LogP contribution < -0.4 is 5.32 Å². The summed E-state index contributed by atoms with van der Waals surface area (Å²) in [6.07, 6.45) is 0. The van der Waals surface area contributed by atoms with Crippen LogP contribution in [0, 0.1) is 11.3 Å². The van der Waals surface area contributed by atoms with E-state index < -0.39 is 0 Å². The molecule has 2 aromatic carbocycles. The molecule has 0 aliphatic rings. The molecule has 0 unspecified atom stereocenters. The van der Waals surface area contributed by atoms with Gasteiger partial charge in [0.2, 0.25) is 0 Å². The summed E-state index contributed by atoms with van der Waals surface area (Å²) in [7, 11) is 1.95. The molecular weight excluding hydrogens is 252 g/mol. The monoisotopic (exact) mass is 268 g/mol. The van der Waals surface area contributed by atoms with E-state index in [1.807, 2.05) is 43.1 Å². The highest BCUT2D eigenvalue weighted by atomic mass is 32.2. The summed E-state index contributed by atoms with van der Waals surface area (Å²) in [6, 6.07) is 18.5. The van der Waals surface area contributed by atoms with Crippen LogP contribution in [0.1, 0.15) is 16.7 Å². The molecule has 0 radical (unpaired) electrons. The first-order valence-corrected chi connectivity index (χ1v) is 7.16. The molecule has 2 nitrogen and oxygen atoms in total. The second-order valence-electron chi connectivity index (χ2n) is 4.27. The summed E-state index contributed by atoms with van der Waals surface area (Å²) < 4.78 is 0. The van der Waals surface area contributed by atoms with E-state index in [1.54, 1.807) is 0 Å². The van der Waals surface area contributed by atoms with Gasteiger partial charge in [0.1, 0.15) is 0 Å². The van der Waals surface area contributed by atoms with Crippen molar-refractivity contribution >= 4 is 11.8 Å². The lowest BCUT2D eigenvalue weighted by Gasteiger charge is -2.04. The van der Waals surface area contributed by atoms with Gasteiger partial charge in [0, 0.05) is 17.2 Å². The van der Waals surface area contributed by atoms with Gasteiger partial charge in [0.15, 0.2) is 0 Å². The fourth-order valence-corrected chi connectivity index (χ4v) is 2.60. The van der Waals surface area contributed by atoms with Gasteiger partial charge in [-0.2, -0.15) is 5.26 Å². The second kappa shape index (κ2) is 6.98. The molecule has 2 aromatic rings. The highest BCUT2D eigenvalue weighted by molar-refractivity contribution is 7.98. The number of nitriles is 1. The van der Waals surface area contributed by atoms with E-state index in [2.05, 4.69) is 35.7 Å². The molecule has 0 atom stereocenters. The zero-order valence-corrected chi connectivity index (χ0v) is 11.7. The predicted octanol–water partition coefficient (Wildman–Crippen LogP) is 3.57. The van der Waals surface area contributed by atoms with E-state index in [4.69, 9.17) is 5.26 Å². The second-order valence-corrected chi connectivity index (χ2v) is 5.32. The number of benzene rings is 2. The van der Waals surface area contributed by atoms with Crippen LogP contribution >= 0.6 is 11.8 Å². The number of nitrogens with zero attached hydrogens (tertiary/aromatic N) is 1. The SMILES string of the molecule is CNCc1ccc(SCc2ccc(C#N)cc2)cc1. The van der Waals surface area contributed by atoms with Gasteiger partial charge in [-0.1, -0.05) is 24.3 Å². The van der Waals surface area contributed by atoms with Gasteiger partial charge in [0.25, 0.3) is 0 Å². The van der Waals surface area contributed by atoms with Crippen molar-refractivity contribution in [2.45, 2.75) is 17.2 Å². The average Bonchev–Trinajstić information content (AvgIpc) is 2.47. The molecule has 0 aromatic heterocycles. The topological polar surface area (TPSA) is 35.8 Å². The Morgan fingerprint density at radius 3 is 2.21 bits per heavy atom. The lowest BCUT2D eigenvalue weighted by Crippen LogP contribution is -2.04. The Balaban J connectivity index is 1.92. The van der Waals surface area contributed by atoms with Crippen molar-refractivity contribution in [3.8, 4) is 6.07 Å². The van der Waals surface area contributed by atoms with Crippen molar-refractivity contribution < 1.29 is 0 Å². The minimum Gasteiger partial charge on any atom is -0.316 e. The van der Waals surface area contributed by atoms with E-state index in [1.165, 1.54) is 16.0 Å². The fraction of sp³-hybridized carbons (Fsp3) is 0.188. The Labute approximate surface area is 118 Å². The first-order chi connectivity index (χ1) is 9.31. The van der Waals surface area contributed by atoms with Crippen molar-refractivity contribution in [1.29, 1.82) is 5.26 Å². The predicted molar refractivity (Wildman–Crippen MR) is 79.9 cm³/mol. The Hall–Kier alpha value is -1.76. The molecule has 0 aliphatic carbocycles. The quantitative estimate of drug-likeness (QED) is 0.842. The molecule has 0 saturated carbocycles. The lowest BCUT2D eigenvalue weighted by atomic mass is 10.2. The van der Waals surface area contributed by atoms with Gasteiger partial charge < -0.3 is 5.32 Å². The van der Waals surface area contributed by atoms with E-state index in [0.717, 1.165) is 12.3 Å². The van der Waals surface area contributed by atoms with Crippen molar-refractivity contribution in [3.05, 3.63) is 65.2 Å². The molecule has 0 bridgehead atoms. The molecule has 0 saturated heterocycles. The largest absolute Gasteiger partial charge is 0.316 e. The van der Waals surface area contributed by atoms with Gasteiger partial charge >= 0.3 is 0 Å². The zero-order chi connectivity index (χ0) is 13.5. The Bertz CT molecular complexity index is 553. The Morgan fingerprint density at radius 1 is 1.00 bits per heavy atom. The van der Waals surface area contributed by atoms with Crippen LogP contribution in [0.25, 0.3) is 0 Å². The van der Waals surface area contributed by atoms with Gasteiger partial charge in [-0.05, 0) is 42.4 Å². The summed E-state index contributed by atoms with van der Waals surface area (Å²) in [5, 5.41) is 11.9. The van der Waals surface area contributed by atoms with Crippen LogP contribution in [-0.4, -0.2) is 7.05 Å². The minimum absolute atomic E-state index is 0.713. The average molecular weight is 268 g/mol. The number of thioether (sulfide) groups is 1. The van der Waals surface area contributed by atoms with Crippen LogP contribution in [-0.2, 0) is 12.3 Å². The maximum Gasteiger partial charge on any atom is 0.0991 e. The zero-order valence-electron chi connectivity index (χ0n) is 10.9. The molecule has 0 heterocycles. The fourth-order valence-electron chi connectivity index (χ4n) is 1.75. The minimum atomic E-state index is 0.713. The maximum atomic E-state index is 8.75. The lowest BCUT2D eigenvalue weighted by molar-refractivity contribution is 0.817. The molecular formula is C16H16N2S. The highest BCUT2D eigenvalue weighted by Gasteiger charge is 1.98. The standard InChI is InChI=1S/C16H16N2S/c1-18-11-14-6-8-16(9-7-14)19-12-15-4-2-13(10-17)3-5-15/h2-9,18H,11-12H2,1H3. The van der Waals surface area contributed by atoms with Crippen LogP contribution in [0.15, 0.2) is 53.4 Å². The van der Waals surface area contributed by atoms with Gasteiger partial charge in [-0.3, -0.25) is 0 Å². The van der Waals surface area contributed by atoms with Crippen molar-refractivity contribution in [2.24, 2.45) is 0 Å². The van der Waals surface area contributed by atoms with Crippen LogP contribution in [0.5, 0.6) is 0 Å². The Morgan fingerprint density at radius 2 is 1.63 bits per heavy atom. The summed E-state index contributed by atoms with van der Waals surface area (Å²) in [6.45, 7) is 0.903. The number of nitrogens with one attached hydrogen (secondary N) is 1. The first kappa shape index (κ1) is 13.7. The number of hydrogen-bond acceptors (Lipinski definition) is 3. The molecule has 1 N–H and O–H groups in total. The van der Waals surface area contributed by atoms with Crippen LogP contribution in [0.3, 0.4) is 0 Å². The smallest absolute Gasteiger partial charge is 0.0991 e. The molecule has 0 spiro atoms. The number of rotatable bonds is 5. The van der Waals surface area contributed by atoms with Gasteiger partial charge in [-0.15, -0.1) is 11.8 Å². The summed E-state index contributed by atoms with van der Waals surface area (Å²) >= 11 is 1.81. The van der Waals surface area contributed by atoms with E-state index in [9.17, 15) is 0 Å². The Kier molecular flexibility index (Phi) is 5.02. The van der Waals surface area contributed by atoms with Crippen molar-refractivity contribution in [1.82, 2.24) is 5.32 Å². The summed E-state index contributed by atoms with van der Waals surface area (Å²) in [5.41, 5.74) is 3.25. The molecule has 0 amide bonds. The molecule has 2 rings (SSSR count). The molecule has 96 valence electrons. The highest BCUT2D eigenvalue weighted by Crippen LogP contribution is 2.23. The molecule has 3 heteroatoms. The van der Waals surface area contributed by atoms with E-state index in [-0.39, 0.29) is 0 Å². The third-order valence-corrected chi connectivity index (χ3v) is 3.88. The van der Waals surface area contributed by atoms with Crippen molar-refractivity contribution in [2.75, 3.05) is 7.05 Å². The van der Waals surface area contributed by atoms with Crippen LogP contribution in [0.2, 0.25) is 0 Å². The van der Waals surface area contributed by atoms with E-state index in [0.29, 0.717) is 5.56 Å².